The zero-order chi connectivity index (χ0) is 14.1. The lowest BCUT2D eigenvalue weighted by Crippen LogP contribution is -2.46. The minimum Gasteiger partial charge on any atom is -0.381 e. The SMILES string of the molecule is CCCCOCCCN=C1NC(C(C)(C)C)CCS1. The van der Waals surface area contributed by atoms with Crippen LogP contribution in [-0.4, -0.2) is 36.7 Å². The van der Waals surface area contributed by atoms with Gasteiger partial charge in [0, 0.05) is 31.6 Å². The van der Waals surface area contributed by atoms with E-state index in [0.717, 1.165) is 31.3 Å². The maximum absolute atomic E-state index is 5.54. The number of unbranched alkanes of at least 4 members (excludes halogenated alkanes) is 1. The van der Waals surface area contributed by atoms with Gasteiger partial charge in [0.25, 0.3) is 0 Å². The molecule has 112 valence electrons. The molecule has 0 amide bonds. The van der Waals surface area contributed by atoms with Crippen molar-refractivity contribution >= 4 is 16.9 Å². The Kier molecular flexibility index (Phi) is 7.84. The number of thioether (sulfide) groups is 1. The highest BCUT2D eigenvalue weighted by Gasteiger charge is 2.28. The molecule has 0 spiro atoms. The Hall–Kier alpha value is -0.220. The van der Waals surface area contributed by atoms with Gasteiger partial charge in [-0.15, -0.1) is 0 Å². The molecule has 0 aromatic rings. The molecule has 1 heterocycles. The molecule has 0 saturated carbocycles. The largest absolute Gasteiger partial charge is 0.381 e. The summed E-state index contributed by atoms with van der Waals surface area (Å²) in [7, 11) is 0. The summed E-state index contributed by atoms with van der Waals surface area (Å²) in [5, 5.41) is 4.70. The highest BCUT2D eigenvalue weighted by Crippen LogP contribution is 2.27. The second kappa shape index (κ2) is 8.85. The standard InChI is InChI=1S/C15H30N2OS/c1-5-6-10-18-11-7-9-16-14-17-13(8-12-19-14)15(2,3)4/h13H,5-12H2,1-4H3,(H,16,17). The molecular formula is C15H30N2OS. The van der Waals surface area contributed by atoms with Crippen LogP contribution in [0, 0.1) is 5.41 Å². The molecular weight excluding hydrogens is 256 g/mol. The van der Waals surface area contributed by atoms with E-state index >= 15 is 0 Å². The van der Waals surface area contributed by atoms with Gasteiger partial charge in [0.15, 0.2) is 5.17 Å². The van der Waals surface area contributed by atoms with Crippen LogP contribution in [0.5, 0.6) is 0 Å². The maximum atomic E-state index is 5.54. The lowest BCUT2D eigenvalue weighted by Gasteiger charge is -2.35. The van der Waals surface area contributed by atoms with Gasteiger partial charge in [0.05, 0.1) is 0 Å². The molecule has 1 atom stereocenters. The second-order valence-electron chi connectivity index (χ2n) is 6.21. The van der Waals surface area contributed by atoms with Crippen molar-refractivity contribution in [2.75, 3.05) is 25.5 Å². The van der Waals surface area contributed by atoms with Crippen molar-refractivity contribution in [1.82, 2.24) is 5.32 Å². The topological polar surface area (TPSA) is 33.6 Å². The van der Waals surface area contributed by atoms with Crippen molar-refractivity contribution in [1.29, 1.82) is 0 Å². The summed E-state index contributed by atoms with van der Waals surface area (Å²) in [5.41, 5.74) is 0.311. The highest BCUT2D eigenvalue weighted by atomic mass is 32.2. The Labute approximate surface area is 123 Å². The minimum atomic E-state index is 0.311. The van der Waals surface area contributed by atoms with Crippen molar-refractivity contribution in [3.05, 3.63) is 0 Å². The first-order chi connectivity index (χ1) is 9.04. The number of nitrogens with one attached hydrogen (secondary N) is 1. The van der Waals surface area contributed by atoms with E-state index in [4.69, 9.17) is 4.74 Å². The van der Waals surface area contributed by atoms with Crippen molar-refractivity contribution < 1.29 is 4.74 Å². The van der Waals surface area contributed by atoms with E-state index in [0.29, 0.717) is 11.5 Å². The van der Waals surface area contributed by atoms with Crippen molar-refractivity contribution in [2.45, 2.75) is 59.4 Å². The Bertz CT molecular complexity index is 274. The third-order valence-corrected chi connectivity index (χ3v) is 4.29. The molecule has 4 heteroatoms. The Morgan fingerprint density at radius 3 is 2.74 bits per heavy atom. The van der Waals surface area contributed by atoms with E-state index in [-0.39, 0.29) is 0 Å². The van der Waals surface area contributed by atoms with Gasteiger partial charge in [0.1, 0.15) is 0 Å². The van der Waals surface area contributed by atoms with Crippen LogP contribution in [0.15, 0.2) is 4.99 Å². The van der Waals surface area contributed by atoms with Crippen LogP contribution in [0.25, 0.3) is 0 Å². The molecule has 1 unspecified atom stereocenters. The van der Waals surface area contributed by atoms with E-state index in [2.05, 4.69) is 38.0 Å². The smallest absolute Gasteiger partial charge is 0.156 e. The zero-order valence-corrected chi connectivity index (χ0v) is 13.8. The monoisotopic (exact) mass is 286 g/mol. The molecule has 1 saturated heterocycles. The number of nitrogens with zero attached hydrogens (tertiary/aromatic N) is 1. The fourth-order valence-corrected chi connectivity index (χ4v) is 2.93. The molecule has 19 heavy (non-hydrogen) atoms. The average molecular weight is 286 g/mol. The van der Waals surface area contributed by atoms with Gasteiger partial charge in [-0.25, -0.2) is 0 Å². The number of amidine groups is 1. The van der Waals surface area contributed by atoms with E-state index in [1.165, 1.54) is 25.0 Å². The van der Waals surface area contributed by atoms with Crippen molar-refractivity contribution in [3.63, 3.8) is 0 Å². The number of ether oxygens (including phenoxy) is 1. The molecule has 0 bridgehead atoms. The Balaban J connectivity index is 2.18. The predicted octanol–water partition coefficient (Wildman–Crippen LogP) is 3.69. The van der Waals surface area contributed by atoms with Gasteiger partial charge in [-0.3, -0.25) is 4.99 Å². The molecule has 1 fully saturated rings. The molecule has 1 aliphatic rings. The number of rotatable bonds is 7. The predicted molar refractivity (Wildman–Crippen MR) is 86.1 cm³/mol. The lowest BCUT2D eigenvalue weighted by molar-refractivity contribution is 0.130. The summed E-state index contributed by atoms with van der Waals surface area (Å²) >= 11 is 1.85. The van der Waals surface area contributed by atoms with Crippen LogP contribution in [0.4, 0.5) is 0 Å². The van der Waals surface area contributed by atoms with Gasteiger partial charge >= 0.3 is 0 Å². The van der Waals surface area contributed by atoms with Gasteiger partial charge in [-0.05, 0) is 24.7 Å². The van der Waals surface area contributed by atoms with Crippen LogP contribution < -0.4 is 5.32 Å². The van der Waals surface area contributed by atoms with Crippen LogP contribution in [0.3, 0.4) is 0 Å². The average Bonchev–Trinajstić information content (AvgIpc) is 2.37. The van der Waals surface area contributed by atoms with Gasteiger partial charge in [0.2, 0.25) is 0 Å². The fraction of sp³-hybridized carbons (Fsp3) is 0.933. The van der Waals surface area contributed by atoms with Crippen LogP contribution in [-0.2, 0) is 4.74 Å². The first-order valence-corrected chi connectivity index (χ1v) is 8.54. The zero-order valence-electron chi connectivity index (χ0n) is 13.0. The van der Waals surface area contributed by atoms with Crippen LogP contribution >= 0.6 is 11.8 Å². The highest BCUT2D eigenvalue weighted by molar-refractivity contribution is 8.13. The quantitative estimate of drug-likeness (QED) is 0.725. The van der Waals surface area contributed by atoms with E-state index in [1.807, 2.05) is 11.8 Å². The Morgan fingerprint density at radius 2 is 2.05 bits per heavy atom. The summed E-state index contributed by atoms with van der Waals surface area (Å²) in [6.07, 6.45) is 4.62. The van der Waals surface area contributed by atoms with Crippen molar-refractivity contribution in [3.8, 4) is 0 Å². The van der Waals surface area contributed by atoms with E-state index in [9.17, 15) is 0 Å². The third-order valence-electron chi connectivity index (χ3n) is 3.33. The minimum absolute atomic E-state index is 0.311. The summed E-state index contributed by atoms with van der Waals surface area (Å²) in [6.45, 7) is 11.7. The third kappa shape index (κ3) is 7.21. The maximum Gasteiger partial charge on any atom is 0.156 e. The Morgan fingerprint density at radius 1 is 1.32 bits per heavy atom. The van der Waals surface area contributed by atoms with Crippen LogP contribution in [0.1, 0.15) is 53.4 Å². The summed E-state index contributed by atoms with van der Waals surface area (Å²) < 4.78 is 5.54. The summed E-state index contributed by atoms with van der Waals surface area (Å²) in [6, 6.07) is 0.549. The number of hydrogen-bond donors (Lipinski definition) is 1. The van der Waals surface area contributed by atoms with Crippen molar-refractivity contribution in [2.24, 2.45) is 10.4 Å². The lowest BCUT2D eigenvalue weighted by atomic mass is 9.85. The molecule has 0 aliphatic carbocycles. The molecule has 0 aromatic carbocycles. The molecule has 0 aromatic heterocycles. The van der Waals surface area contributed by atoms with Gasteiger partial charge in [-0.2, -0.15) is 0 Å². The normalized spacial score (nSPS) is 22.5. The summed E-state index contributed by atoms with van der Waals surface area (Å²) in [5.74, 6) is 1.18. The first-order valence-electron chi connectivity index (χ1n) is 7.55. The molecule has 0 radical (unpaired) electrons. The first kappa shape index (κ1) is 16.8. The van der Waals surface area contributed by atoms with Gasteiger partial charge < -0.3 is 10.1 Å². The number of aliphatic imine (C=N–C) groups is 1. The summed E-state index contributed by atoms with van der Waals surface area (Å²) in [4.78, 5) is 4.65. The molecule has 1 aliphatic heterocycles. The number of hydrogen-bond acceptors (Lipinski definition) is 3. The van der Waals surface area contributed by atoms with E-state index in [1.54, 1.807) is 0 Å². The van der Waals surface area contributed by atoms with Crippen LogP contribution in [0.2, 0.25) is 0 Å². The van der Waals surface area contributed by atoms with Gasteiger partial charge in [-0.1, -0.05) is 45.9 Å². The fourth-order valence-electron chi connectivity index (χ4n) is 1.97. The molecule has 1 rings (SSSR count). The van der Waals surface area contributed by atoms with E-state index < -0.39 is 0 Å². The molecule has 3 nitrogen and oxygen atoms in total. The molecule has 1 N–H and O–H groups in total. The second-order valence-corrected chi connectivity index (χ2v) is 7.29.